The van der Waals surface area contributed by atoms with Crippen LogP contribution in [0.1, 0.15) is 57.4 Å². The molecule has 2 aromatic rings. The molecule has 0 saturated heterocycles. The standard InChI is InChI=1S/C28H35N3O5/c1-8-20-11-9-10-12-22(20)24(25(33)29-18(2)3)31(7)26(34)23(30-27(35)36-28(4,5)6)17-19-13-15-21(32)16-14-19/h1,9-16,18,23-24,32H,17H2,2-7H3,(H,29,33)(H,30,35). The summed E-state index contributed by atoms with van der Waals surface area (Å²) in [6.45, 7) is 8.80. The molecule has 8 nitrogen and oxygen atoms in total. The summed E-state index contributed by atoms with van der Waals surface area (Å²) < 4.78 is 5.37. The lowest BCUT2D eigenvalue weighted by Gasteiger charge is -2.32. The zero-order chi connectivity index (χ0) is 27.0. The van der Waals surface area contributed by atoms with Crippen molar-refractivity contribution < 1.29 is 24.2 Å². The quantitative estimate of drug-likeness (QED) is 0.488. The Hall–Kier alpha value is -3.99. The number of carbonyl (C=O) groups is 3. The van der Waals surface area contributed by atoms with Gasteiger partial charge in [0.05, 0.1) is 0 Å². The molecule has 2 aromatic carbocycles. The molecule has 3 N–H and O–H groups in total. The summed E-state index contributed by atoms with van der Waals surface area (Å²) in [6.07, 6.45) is 5.03. The summed E-state index contributed by atoms with van der Waals surface area (Å²) in [5.41, 5.74) is 0.904. The van der Waals surface area contributed by atoms with Gasteiger partial charge in [0.25, 0.3) is 0 Å². The molecule has 8 heteroatoms. The Kier molecular flexibility index (Phi) is 9.51. The number of carbonyl (C=O) groups excluding carboxylic acids is 3. The molecule has 192 valence electrons. The van der Waals surface area contributed by atoms with E-state index in [2.05, 4.69) is 16.6 Å². The number of ether oxygens (including phenoxy) is 1. The van der Waals surface area contributed by atoms with Crippen LogP contribution in [0, 0.1) is 12.3 Å². The van der Waals surface area contributed by atoms with Crippen molar-refractivity contribution in [2.45, 2.75) is 64.8 Å². The van der Waals surface area contributed by atoms with Crippen LogP contribution in [0.25, 0.3) is 0 Å². The summed E-state index contributed by atoms with van der Waals surface area (Å²) in [5, 5.41) is 15.1. The third kappa shape index (κ3) is 8.05. The number of hydrogen-bond acceptors (Lipinski definition) is 5. The van der Waals surface area contributed by atoms with E-state index in [-0.39, 0.29) is 18.2 Å². The predicted octanol–water partition coefficient (Wildman–Crippen LogP) is 3.53. The Bertz CT molecular complexity index is 1110. The topological polar surface area (TPSA) is 108 Å². The third-order valence-corrected chi connectivity index (χ3v) is 5.19. The number of terminal acetylenes is 1. The number of rotatable bonds is 8. The fourth-order valence-electron chi connectivity index (χ4n) is 3.65. The van der Waals surface area contributed by atoms with Gasteiger partial charge in [0, 0.05) is 25.1 Å². The van der Waals surface area contributed by atoms with Crippen molar-refractivity contribution >= 4 is 17.9 Å². The molecule has 0 aliphatic carbocycles. The fourth-order valence-corrected chi connectivity index (χ4v) is 3.65. The maximum atomic E-state index is 13.8. The molecule has 0 radical (unpaired) electrons. The summed E-state index contributed by atoms with van der Waals surface area (Å²) in [5.74, 6) is 1.75. The maximum Gasteiger partial charge on any atom is 0.408 e. The van der Waals surface area contributed by atoms with Gasteiger partial charge in [-0.3, -0.25) is 9.59 Å². The molecule has 2 rings (SSSR count). The maximum absolute atomic E-state index is 13.8. The largest absolute Gasteiger partial charge is 0.508 e. The highest BCUT2D eigenvalue weighted by Crippen LogP contribution is 2.25. The molecule has 0 aliphatic heterocycles. The summed E-state index contributed by atoms with van der Waals surface area (Å²) in [7, 11) is 1.50. The molecule has 36 heavy (non-hydrogen) atoms. The van der Waals surface area contributed by atoms with Gasteiger partial charge >= 0.3 is 6.09 Å². The van der Waals surface area contributed by atoms with Crippen LogP contribution in [0.5, 0.6) is 5.75 Å². The molecule has 2 atom stereocenters. The number of amides is 3. The second-order valence-corrected chi connectivity index (χ2v) is 9.82. The monoisotopic (exact) mass is 493 g/mol. The second kappa shape index (κ2) is 12.1. The molecule has 0 saturated carbocycles. The van der Waals surface area contributed by atoms with Crippen LogP contribution in [-0.2, 0) is 20.7 Å². The Morgan fingerprint density at radius 1 is 1.06 bits per heavy atom. The van der Waals surface area contributed by atoms with Crippen LogP contribution < -0.4 is 10.6 Å². The minimum absolute atomic E-state index is 0.0789. The van der Waals surface area contributed by atoms with E-state index in [1.165, 1.54) is 24.1 Å². The van der Waals surface area contributed by atoms with Gasteiger partial charge in [0.1, 0.15) is 23.4 Å². The van der Waals surface area contributed by atoms with Gasteiger partial charge in [-0.25, -0.2) is 4.79 Å². The van der Waals surface area contributed by atoms with Crippen molar-refractivity contribution in [2.24, 2.45) is 0 Å². The Morgan fingerprint density at radius 2 is 1.67 bits per heavy atom. The number of nitrogens with one attached hydrogen (secondary N) is 2. The van der Waals surface area contributed by atoms with E-state index in [0.717, 1.165) is 0 Å². The van der Waals surface area contributed by atoms with E-state index in [0.29, 0.717) is 16.7 Å². The minimum atomic E-state index is -1.05. The Balaban J connectivity index is 2.46. The molecule has 0 aromatic heterocycles. The summed E-state index contributed by atoms with van der Waals surface area (Å²) in [6, 6.07) is 11.0. The summed E-state index contributed by atoms with van der Waals surface area (Å²) >= 11 is 0. The van der Waals surface area contributed by atoms with Gasteiger partial charge in [-0.05, 0) is 63.9 Å². The molecule has 0 fully saturated rings. The zero-order valence-electron chi connectivity index (χ0n) is 21.7. The van der Waals surface area contributed by atoms with Crippen LogP contribution in [0.2, 0.25) is 0 Å². The number of phenolic OH excluding ortho intramolecular Hbond substituents is 1. The molecule has 0 spiro atoms. The Morgan fingerprint density at radius 3 is 2.22 bits per heavy atom. The third-order valence-electron chi connectivity index (χ3n) is 5.19. The van der Waals surface area contributed by atoms with Gasteiger partial charge in [0.2, 0.25) is 11.8 Å². The van der Waals surface area contributed by atoms with E-state index in [1.807, 2.05) is 13.8 Å². The minimum Gasteiger partial charge on any atom is -0.508 e. The van der Waals surface area contributed by atoms with Crippen molar-refractivity contribution in [2.75, 3.05) is 7.05 Å². The highest BCUT2D eigenvalue weighted by Gasteiger charge is 2.35. The van der Waals surface area contributed by atoms with Crippen LogP contribution >= 0.6 is 0 Å². The van der Waals surface area contributed by atoms with E-state index in [9.17, 15) is 19.5 Å². The van der Waals surface area contributed by atoms with Crippen molar-refractivity contribution in [1.29, 1.82) is 0 Å². The molecule has 3 amide bonds. The molecule has 0 aliphatic rings. The average molecular weight is 494 g/mol. The van der Waals surface area contributed by atoms with Crippen LogP contribution in [0.15, 0.2) is 48.5 Å². The van der Waals surface area contributed by atoms with E-state index < -0.39 is 35.6 Å². The molecule has 2 unspecified atom stereocenters. The Labute approximate surface area is 213 Å². The van der Waals surface area contributed by atoms with Gasteiger partial charge in [-0.15, -0.1) is 6.42 Å². The fraction of sp³-hybridized carbons (Fsp3) is 0.393. The van der Waals surface area contributed by atoms with Gasteiger partial charge in [-0.2, -0.15) is 0 Å². The van der Waals surface area contributed by atoms with Gasteiger partial charge < -0.3 is 25.4 Å². The number of likely N-dealkylation sites (N-methyl/N-ethyl adjacent to an activating group) is 1. The summed E-state index contributed by atoms with van der Waals surface area (Å²) in [4.78, 5) is 41.0. The first-order valence-corrected chi connectivity index (χ1v) is 11.7. The first kappa shape index (κ1) is 28.2. The molecular formula is C28H35N3O5. The van der Waals surface area contributed by atoms with E-state index in [4.69, 9.17) is 11.2 Å². The number of hydrogen-bond donors (Lipinski definition) is 3. The highest BCUT2D eigenvalue weighted by atomic mass is 16.6. The lowest BCUT2D eigenvalue weighted by molar-refractivity contribution is -0.141. The number of benzene rings is 2. The first-order chi connectivity index (χ1) is 16.8. The zero-order valence-corrected chi connectivity index (χ0v) is 21.7. The van der Waals surface area contributed by atoms with E-state index in [1.54, 1.807) is 57.2 Å². The predicted molar refractivity (Wildman–Crippen MR) is 138 cm³/mol. The second-order valence-electron chi connectivity index (χ2n) is 9.82. The number of nitrogens with zero attached hydrogens (tertiary/aromatic N) is 1. The molecular weight excluding hydrogens is 458 g/mol. The lowest BCUT2D eigenvalue weighted by atomic mass is 9.97. The van der Waals surface area contributed by atoms with Crippen LogP contribution in [0.3, 0.4) is 0 Å². The number of alkyl carbamates (subject to hydrolysis) is 1. The van der Waals surface area contributed by atoms with Gasteiger partial charge in [0.15, 0.2) is 0 Å². The average Bonchev–Trinajstić information content (AvgIpc) is 2.78. The van der Waals surface area contributed by atoms with E-state index >= 15 is 0 Å². The SMILES string of the molecule is C#Cc1ccccc1C(C(=O)NC(C)C)N(C)C(=O)C(Cc1ccc(O)cc1)NC(=O)OC(C)(C)C. The van der Waals surface area contributed by atoms with Crippen molar-refractivity contribution in [1.82, 2.24) is 15.5 Å². The molecule has 0 heterocycles. The number of aromatic hydroxyl groups is 1. The first-order valence-electron chi connectivity index (χ1n) is 11.7. The smallest absolute Gasteiger partial charge is 0.408 e. The molecule has 0 bridgehead atoms. The van der Waals surface area contributed by atoms with Crippen molar-refractivity contribution in [3.05, 3.63) is 65.2 Å². The number of phenols is 1. The van der Waals surface area contributed by atoms with Crippen molar-refractivity contribution in [3.8, 4) is 18.1 Å². The van der Waals surface area contributed by atoms with Crippen molar-refractivity contribution in [3.63, 3.8) is 0 Å². The highest BCUT2D eigenvalue weighted by molar-refractivity contribution is 5.92. The van der Waals surface area contributed by atoms with Crippen LogP contribution in [-0.4, -0.2) is 52.6 Å². The normalized spacial score (nSPS) is 12.7. The van der Waals surface area contributed by atoms with Crippen LogP contribution in [0.4, 0.5) is 4.79 Å². The van der Waals surface area contributed by atoms with Gasteiger partial charge in [-0.1, -0.05) is 36.3 Å². The lowest BCUT2D eigenvalue weighted by Crippen LogP contribution is -2.53.